The number of nitrogens with zero attached hydrogens (tertiary/aromatic N) is 1. The average Bonchev–Trinajstić information content (AvgIpc) is 2.31. The van der Waals surface area contributed by atoms with Gasteiger partial charge in [-0.1, -0.05) is 6.92 Å². The normalized spacial score (nSPS) is 12.3. The molecule has 1 atom stereocenters. The van der Waals surface area contributed by atoms with Crippen LogP contribution in [0.1, 0.15) is 33.6 Å². The van der Waals surface area contributed by atoms with Crippen molar-refractivity contribution in [3.05, 3.63) is 0 Å². The van der Waals surface area contributed by atoms with Crippen molar-refractivity contribution in [2.75, 3.05) is 26.8 Å². The Bertz CT molecular complexity index is 282. The molecule has 0 aliphatic rings. The summed E-state index contributed by atoms with van der Waals surface area (Å²) in [4.78, 5) is 24.1. The van der Waals surface area contributed by atoms with Gasteiger partial charge in [0, 0.05) is 32.7 Å². The molecular formula is C13H26N2O4. The molecule has 0 aliphatic heterocycles. The lowest BCUT2D eigenvalue weighted by Gasteiger charge is -2.27. The number of nitrogens with one attached hydrogen (secondary N) is 1. The standard InChI is InChI=1S/C13H26N2O4/c1-10(2)15(7-5-6-12(16)17)13(18)14-8-11(3)9-19-4/h10-11H,5-9H2,1-4H3,(H,14,18)(H,16,17). The zero-order valence-electron chi connectivity index (χ0n) is 12.3. The fraction of sp³-hybridized carbons (Fsp3) is 0.846. The van der Waals surface area contributed by atoms with Crippen molar-refractivity contribution >= 4 is 12.0 Å². The van der Waals surface area contributed by atoms with Gasteiger partial charge >= 0.3 is 12.0 Å². The van der Waals surface area contributed by atoms with E-state index in [1.807, 2.05) is 20.8 Å². The van der Waals surface area contributed by atoms with Crippen LogP contribution in [0.4, 0.5) is 4.79 Å². The summed E-state index contributed by atoms with van der Waals surface area (Å²) in [6.07, 6.45) is 0.547. The van der Waals surface area contributed by atoms with Gasteiger partial charge in [0.25, 0.3) is 0 Å². The SMILES string of the molecule is COCC(C)CNC(=O)N(CCCC(=O)O)C(C)C. The second kappa shape index (κ2) is 9.61. The summed E-state index contributed by atoms with van der Waals surface area (Å²) in [7, 11) is 1.63. The number of hydrogen-bond donors (Lipinski definition) is 2. The van der Waals surface area contributed by atoms with Gasteiger partial charge in [-0.25, -0.2) is 4.79 Å². The molecule has 112 valence electrons. The number of urea groups is 1. The molecule has 19 heavy (non-hydrogen) atoms. The Balaban J connectivity index is 4.14. The van der Waals surface area contributed by atoms with Gasteiger partial charge in [0.15, 0.2) is 0 Å². The summed E-state index contributed by atoms with van der Waals surface area (Å²) in [6, 6.07) is -0.102. The van der Waals surface area contributed by atoms with Crippen molar-refractivity contribution < 1.29 is 19.4 Å². The molecule has 0 aromatic carbocycles. The molecule has 6 nitrogen and oxygen atoms in total. The number of hydrogen-bond acceptors (Lipinski definition) is 3. The van der Waals surface area contributed by atoms with Crippen LogP contribution in [0.5, 0.6) is 0 Å². The Morgan fingerprint density at radius 3 is 2.42 bits per heavy atom. The van der Waals surface area contributed by atoms with Gasteiger partial charge in [-0.15, -0.1) is 0 Å². The quantitative estimate of drug-likeness (QED) is 0.668. The molecule has 0 fully saturated rings. The predicted octanol–water partition coefficient (Wildman–Crippen LogP) is 1.55. The van der Waals surface area contributed by atoms with Gasteiger partial charge in [0.2, 0.25) is 0 Å². The molecule has 2 amide bonds. The highest BCUT2D eigenvalue weighted by molar-refractivity contribution is 5.74. The Hall–Kier alpha value is -1.30. The van der Waals surface area contributed by atoms with Crippen LogP contribution in [0, 0.1) is 5.92 Å². The summed E-state index contributed by atoms with van der Waals surface area (Å²) in [5, 5.41) is 11.5. The van der Waals surface area contributed by atoms with E-state index in [1.165, 1.54) is 0 Å². The molecule has 0 saturated heterocycles. The molecule has 0 saturated carbocycles. The molecule has 0 spiro atoms. The highest BCUT2D eigenvalue weighted by atomic mass is 16.5. The van der Waals surface area contributed by atoms with E-state index in [4.69, 9.17) is 9.84 Å². The predicted molar refractivity (Wildman–Crippen MR) is 73.2 cm³/mol. The van der Waals surface area contributed by atoms with Crippen LogP contribution in [0.15, 0.2) is 0 Å². The molecule has 2 N–H and O–H groups in total. The van der Waals surface area contributed by atoms with E-state index in [-0.39, 0.29) is 24.4 Å². The van der Waals surface area contributed by atoms with Crippen molar-refractivity contribution in [1.29, 1.82) is 0 Å². The van der Waals surface area contributed by atoms with Gasteiger partial charge in [0.1, 0.15) is 0 Å². The smallest absolute Gasteiger partial charge is 0.317 e. The monoisotopic (exact) mass is 274 g/mol. The molecule has 0 bridgehead atoms. The summed E-state index contributed by atoms with van der Waals surface area (Å²) in [5.41, 5.74) is 0. The van der Waals surface area contributed by atoms with E-state index in [0.29, 0.717) is 26.1 Å². The second-order valence-corrected chi connectivity index (χ2v) is 5.03. The minimum absolute atomic E-state index is 0.0477. The zero-order valence-corrected chi connectivity index (χ0v) is 12.3. The van der Waals surface area contributed by atoms with E-state index >= 15 is 0 Å². The third kappa shape index (κ3) is 8.42. The largest absolute Gasteiger partial charge is 0.481 e. The number of rotatable bonds is 9. The fourth-order valence-electron chi connectivity index (χ4n) is 1.70. The number of ether oxygens (including phenoxy) is 1. The number of carbonyl (C=O) groups excluding carboxylic acids is 1. The lowest BCUT2D eigenvalue weighted by Crippen LogP contribution is -2.46. The maximum Gasteiger partial charge on any atom is 0.317 e. The van der Waals surface area contributed by atoms with Crippen molar-refractivity contribution in [2.45, 2.75) is 39.7 Å². The molecule has 6 heteroatoms. The second-order valence-electron chi connectivity index (χ2n) is 5.03. The molecule has 0 aromatic heterocycles. The van der Waals surface area contributed by atoms with Crippen LogP contribution in [0.25, 0.3) is 0 Å². The average molecular weight is 274 g/mol. The Labute approximate surface area is 115 Å². The van der Waals surface area contributed by atoms with Crippen LogP contribution >= 0.6 is 0 Å². The summed E-state index contributed by atoms with van der Waals surface area (Å²) in [5.74, 6) is -0.584. The molecule has 0 radical (unpaired) electrons. The lowest BCUT2D eigenvalue weighted by atomic mass is 10.2. The fourth-order valence-corrected chi connectivity index (χ4v) is 1.70. The van der Waals surface area contributed by atoms with Crippen LogP contribution in [0.2, 0.25) is 0 Å². The number of carboxylic acid groups (broad SMARTS) is 1. The van der Waals surface area contributed by atoms with Crippen LogP contribution in [-0.4, -0.2) is 54.9 Å². The highest BCUT2D eigenvalue weighted by Gasteiger charge is 2.17. The van der Waals surface area contributed by atoms with Crippen LogP contribution in [-0.2, 0) is 9.53 Å². The number of methoxy groups -OCH3 is 1. The summed E-state index contributed by atoms with van der Waals surface area (Å²) < 4.78 is 5.00. The summed E-state index contributed by atoms with van der Waals surface area (Å²) >= 11 is 0. The first-order valence-electron chi connectivity index (χ1n) is 6.63. The van der Waals surface area contributed by atoms with E-state index in [9.17, 15) is 9.59 Å². The first kappa shape index (κ1) is 17.7. The topological polar surface area (TPSA) is 78.9 Å². The number of amides is 2. The minimum Gasteiger partial charge on any atom is -0.481 e. The first-order chi connectivity index (χ1) is 8.88. The van der Waals surface area contributed by atoms with Gasteiger partial charge in [-0.05, 0) is 26.2 Å². The van der Waals surface area contributed by atoms with E-state index in [0.717, 1.165) is 0 Å². The maximum absolute atomic E-state index is 12.0. The van der Waals surface area contributed by atoms with E-state index < -0.39 is 5.97 Å². The third-order valence-electron chi connectivity index (χ3n) is 2.73. The highest BCUT2D eigenvalue weighted by Crippen LogP contribution is 2.03. The van der Waals surface area contributed by atoms with Crippen molar-refractivity contribution in [1.82, 2.24) is 10.2 Å². The van der Waals surface area contributed by atoms with Crippen molar-refractivity contribution in [3.63, 3.8) is 0 Å². The zero-order chi connectivity index (χ0) is 14.8. The Morgan fingerprint density at radius 1 is 1.32 bits per heavy atom. The van der Waals surface area contributed by atoms with Crippen LogP contribution < -0.4 is 5.32 Å². The molecule has 0 rings (SSSR count). The van der Waals surface area contributed by atoms with E-state index in [2.05, 4.69) is 5.32 Å². The molecule has 0 aliphatic carbocycles. The van der Waals surface area contributed by atoms with Crippen molar-refractivity contribution in [2.24, 2.45) is 5.92 Å². The van der Waals surface area contributed by atoms with Gasteiger partial charge in [-0.2, -0.15) is 0 Å². The van der Waals surface area contributed by atoms with Gasteiger partial charge in [-0.3, -0.25) is 4.79 Å². The van der Waals surface area contributed by atoms with Gasteiger partial charge in [0.05, 0.1) is 6.61 Å². The van der Waals surface area contributed by atoms with Crippen LogP contribution in [0.3, 0.4) is 0 Å². The first-order valence-corrected chi connectivity index (χ1v) is 6.63. The van der Waals surface area contributed by atoms with Gasteiger partial charge < -0.3 is 20.1 Å². The molecule has 0 heterocycles. The Morgan fingerprint density at radius 2 is 1.95 bits per heavy atom. The van der Waals surface area contributed by atoms with Crippen molar-refractivity contribution in [3.8, 4) is 0 Å². The molecule has 0 aromatic rings. The summed E-state index contributed by atoms with van der Waals surface area (Å²) in [6.45, 7) is 7.43. The van der Waals surface area contributed by atoms with E-state index in [1.54, 1.807) is 12.0 Å². The molecular weight excluding hydrogens is 248 g/mol. The number of carboxylic acids is 1. The lowest BCUT2D eigenvalue weighted by molar-refractivity contribution is -0.137. The Kier molecular flexibility index (Phi) is 8.95. The minimum atomic E-state index is -0.835. The number of carbonyl (C=O) groups is 2. The third-order valence-corrected chi connectivity index (χ3v) is 2.73. The maximum atomic E-state index is 12.0. The number of aliphatic carboxylic acids is 1. The molecule has 1 unspecified atom stereocenters.